The first-order valence-electron chi connectivity index (χ1n) is 10.7. The van der Waals surface area contributed by atoms with Gasteiger partial charge in [-0.1, -0.05) is 29.6 Å². The number of carbonyl (C=O) groups excluding carboxylic acids is 1. The van der Waals surface area contributed by atoms with Gasteiger partial charge in [0.2, 0.25) is 11.9 Å². The highest BCUT2D eigenvalue weighted by molar-refractivity contribution is 5.94. The first-order valence-corrected chi connectivity index (χ1v) is 10.7. The van der Waals surface area contributed by atoms with Crippen molar-refractivity contribution >= 4 is 34.5 Å². The van der Waals surface area contributed by atoms with E-state index in [0.717, 1.165) is 47.8 Å². The number of nitrogens with one attached hydrogen (secondary N) is 2. The number of amides is 1. The number of benzene rings is 1. The lowest BCUT2D eigenvalue weighted by Gasteiger charge is -2.30. The first-order chi connectivity index (χ1) is 15.4. The summed E-state index contributed by atoms with van der Waals surface area (Å²) in [6.07, 6.45) is 4.03. The molecule has 1 aliphatic rings. The smallest absolute Gasteiger partial charge is 0.234 e. The summed E-state index contributed by atoms with van der Waals surface area (Å²) in [6.45, 7) is 3.82. The van der Waals surface area contributed by atoms with Crippen LogP contribution in [0.15, 0.2) is 33.8 Å². The molecule has 0 spiro atoms. The zero-order valence-electron chi connectivity index (χ0n) is 18.3. The number of rotatable bonds is 6. The first kappa shape index (κ1) is 21.5. The third-order valence-electron chi connectivity index (χ3n) is 5.48. The van der Waals surface area contributed by atoms with Crippen LogP contribution in [0.3, 0.4) is 0 Å². The van der Waals surface area contributed by atoms with Crippen molar-refractivity contribution in [1.29, 1.82) is 0 Å². The molecule has 32 heavy (non-hydrogen) atoms. The molecule has 2 atom stereocenters. The van der Waals surface area contributed by atoms with E-state index in [-0.39, 0.29) is 36.3 Å². The zero-order valence-corrected chi connectivity index (χ0v) is 18.3. The summed E-state index contributed by atoms with van der Waals surface area (Å²) >= 11 is 0. The van der Waals surface area contributed by atoms with Gasteiger partial charge in [-0.25, -0.2) is 9.98 Å². The molecule has 2 aromatic heterocycles. The van der Waals surface area contributed by atoms with E-state index in [1.165, 1.54) is 0 Å². The number of anilines is 2. The van der Waals surface area contributed by atoms with E-state index in [1.807, 2.05) is 25.1 Å². The Morgan fingerprint density at radius 1 is 1.19 bits per heavy atom. The van der Waals surface area contributed by atoms with Crippen molar-refractivity contribution in [3.63, 3.8) is 0 Å². The van der Waals surface area contributed by atoms with Gasteiger partial charge >= 0.3 is 0 Å². The normalized spacial score (nSPS) is 18.3. The highest BCUT2D eigenvalue weighted by Gasteiger charge is 2.26. The number of nitrogens with two attached hydrogens (primary N) is 2. The summed E-state index contributed by atoms with van der Waals surface area (Å²) in [5, 5.41) is 11.0. The van der Waals surface area contributed by atoms with Crippen molar-refractivity contribution in [3.8, 4) is 0 Å². The fraction of sp³-hybridized carbons (Fsp3) is 0.409. The largest absolute Gasteiger partial charge is 0.370 e. The van der Waals surface area contributed by atoms with Crippen molar-refractivity contribution < 1.29 is 9.32 Å². The molecule has 168 valence electrons. The summed E-state index contributed by atoms with van der Waals surface area (Å²) in [5.74, 6) is 1.15. The molecule has 0 bridgehead atoms. The Labute approximate surface area is 185 Å². The van der Waals surface area contributed by atoms with Crippen molar-refractivity contribution in [2.45, 2.75) is 58.0 Å². The molecule has 0 radical (unpaired) electrons. The summed E-state index contributed by atoms with van der Waals surface area (Å²) in [4.78, 5) is 26.1. The zero-order chi connectivity index (χ0) is 22.7. The molecule has 1 aliphatic carbocycles. The van der Waals surface area contributed by atoms with Crippen LogP contribution in [-0.4, -0.2) is 39.1 Å². The molecule has 0 aliphatic heterocycles. The van der Waals surface area contributed by atoms with Gasteiger partial charge in [0.25, 0.3) is 0 Å². The fourth-order valence-corrected chi connectivity index (χ4v) is 4.04. The summed E-state index contributed by atoms with van der Waals surface area (Å²) < 4.78 is 5.13. The lowest BCUT2D eigenvalue weighted by atomic mass is 9.90. The Morgan fingerprint density at radius 3 is 2.75 bits per heavy atom. The maximum atomic E-state index is 12.5. The van der Waals surface area contributed by atoms with Gasteiger partial charge in [0.15, 0.2) is 5.96 Å². The lowest BCUT2D eigenvalue weighted by molar-refractivity contribution is -0.115. The molecule has 10 nitrogen and oxygen atoms in total. The van der Waals surface area contributed by atoms with E-state index in [9.17, 15) is 4.79 Å². The number of carbonyl (C=O) groups is 1. The van der Waals surface area contributed by atoms with Crippen molar-refractivity contribution in [2.75, 3.05) is 10.6 Å². The molecule has 1 amide bonds. The molecule has 1 aromatic carbocycles. The summed E-state index contributed by atoms with van der Waals surface area (Å²) in [5.41, 5.74) is 13.8. The molecule has 4 rings (SSSR count). The standard InChI is InChI=1S/C22H28N8O2/c1-12-7-8-16-15(9-12)20(25-17-5-3-4-6-18(17)26-21(23)24)29-22(27-16)28-19(31)11-14-10-13(2)30-32-14/h7-10,17-18H,3-6,11H2,1-2H3,(H4,23,24,26)(H2,25,27,28,29,31). The van der Waals surface area contributed by atoms with Gasteiger partial charge in [-0.05, 0) is 38.8 Å². The topological polar surface area (TPSA) is 157 Å². The number of nitrogens with zero attached hydrogens (tertiary/aromatic N) is 4. The number of aromatic nitrogens is 3. The van der Waals surface area contributed by atoms with Crippen LogP contribution in [-0.2, 0) is 11.2 Å². The van der Waals surface area contributed by atoms with Crippen LogP contribution in [0, 0.1) is 13.8 Å². The Balaban J connectivity index is 1.62. The average molecular weight is 437 g/mol. The number of fused-ring (bicyclic) bond motifs is 1. The Morgan fingerprint density at radius 2 is 2.00 bits per heavy atom. The minimum atomic E-state index is -0.283. The minimum Gasteiger partial charge on any atom is -0.370 e. The summed E-state index contributed by atoms with van der Waals surface area (Å²) in [7, 11) is 0. The van der Waals surface area contributed by atoms with Crippen LogP contribution in [0.2, 0.25) is 0 Å². The third kappa shape index (κ3) is 5.13. The van der Waals surface area contributed by atoms with Crippen LogP contribution in [0.1, 0.15) is 42.7 Å². The van der Waals surface area contributed by atoms with Crippen LogP contribution in [0.5, 0.6) is 0 Å². The molecule has 2 heterocycles. The molecule has 6 N–H and O–H groups in total. The van der Waals surface area contributed by atoms with Crippen LogP contribution in [0.4, 0.5) is 11.8 Å². The van der Waals surface area contributed by atoms with Gasteiger partial charge in [0.05, 0.1) is 29.7 Å². The Hall–Kier alpha value is -3.69. The minimum absolute atomic E-state index is 0.0312. The highest BCUT2D eigenvalue weighted by atomic mass is 16.5. The molecule has 1 saturated carbocycles. The molecule has 3 aromatic rings. The van der Waals surface area contributed by atoms with Crippen molar-refractivity contribution in [2.24, 2.45) is 16.5 Å². The second-order valence-electron chi connectivity index (χ2n) is 8.23. The van der Waals surface area contributed by atoms with E-state index in [4.69, 9.17) is 16.0 Å². The van der Waals surface area contributed by atoms with Gasteiger partial charge in [-0.2, -0.15) is 4.98 Å². The monoisotopic (exact) mass is 436 g/mol. The third-order valence-corrected chi connectivity index (χ3v) is 5.48. The van der Waals surface area contributed by atoms with Crippen LogP contribution < -0.4 is 22.1 Å². The van der Waals surface area contributed by atoms with Crippen molar-refractivity contribution in [3.05, 3.63) is 41.3 Å². The van der Waals surface area contributed by atoms with Gasteiger partial charge in [-0.15, -0.1) is 0 Å². The number of hydrogen-bond donors (Lipinski definition) is 4. The van der Waals surface area contributed by atoms with E-state index < -0.39 is 0 Å². The lowest BCUT2D eigenvalue weighted by Crippen LogP contribution is -2.38. The second kappa shape index (κ2) is 9.21. The van der Waals surface area contributed by atoms with E-state index >= 15 is 0 Å². The van der Waals surface area contributed by atoms with E-state index in [0.29, 0.717) is 11.6 Å². The maximum absolute atomic E-state index is 12.5. The second-order valence-corrected chi connectivity index (χ2v) is 8.23. The quantitative estimate of drug-likeness (QED) is 0.339. The number of aliphatic imine (C=N–C) groups is 1. The summed E-state index contributed by atoms with van der Waals surface area (Å²) in [6, 6.07) is 7.65. The van der Waals surface area contributed by atoms with Crippen LogP contribution in [0.25, 0.3) is 10.9 Å². The Bertz CT molecular complexity index is 1150. The van der Waals surface area contributed by atoms with Crippen molar-refractivity contribution in [1.82, 2.24) is 15.1 Å². The maximum Gasteiger partial charge on any atom is 0.234 e. The van der Waals surface area contributed by atoms with Gasteiger partial charge in [-0.3, -0.25) is 10.1 Å². The van der Waals surface area contributed by atoms with Gasteiger partial charge in [0.1, 0.15) is 11.6 Å². The van der Waals surface area contributed by atoms with Gasteiger partial charge in [0, 0.05) is 11.5 Å². The van der Waals surface area contributed by atoms with Crippen LogP contribution >= 0.6 is 0 Å². The molecular formula is C22H28N8O2. The predicted octanol–water partition coefficient (Wildman–Crippen LogP) is 2.41. The number of hydrogen-bond acceptors (Lipinski definition) is 7. The highest BCUT2D eigenvalue weighted by Crippen LogP contribution is 2.29. The predicted molar refractivity (Wildman–Crippen MR) is 123 cm³/mol. The molecule has 1 fully saturated rings. The molecule has 2 unspecified atom stereocenters. The SMILES string of the molecule is Cc1ccc2nc(NC(=O)Cc3cc(C)no3)nc(NC3CCCCC3N=C(N)N)c2c1. The number of guanidine groups is 1. The van der Waals surface area contributed by atoms with E-state index in [1.54, 1.807) is 13.0 Å². The Kier molecular flexibility index (Phi) is 6.20. The van der Waals surface area contributed by atoms with Gasteiger partial charge < -0.3 is 21.3 Å². The molecule has 0 saturated heterocycles. The van der Waals surface area contributed by atoms with E-state index in [2.05, 4.69) is 30.8 Å². The molecular weight excluding hydrogens is 408 g/mol. The number of aryl methyl sites for hydroxylation is 2. The fourth-order valence-electron chi connectivity index (χ4n) is 4.04. The average Bonchev–Trinajstić information content (AvgIpc) is 3.14. The molecule has 10 heteroatoms.